The van der Waals surface area contributed by atoms with Crippen LogP contribution in [0.15, 0.2) is 0 Å². The van der Waals surface area contributed by atoms with Gasteiger partial charge >= 0.3 is 0 Å². The Morgan fingerprint density at radius 2 is 2.05 bits per heavy atom. The molecule has 2 atom stereocenters. The average Bonchev–Trinajstić information content (AvgIpc) is 2.88. The summed E-state index contributed by atoms with van der Waals surface area (Å²) >= 11 is 0. The maximum absolute atomic E-state index is 12.9. The van der Waals surface area contributed by atoms with E-state index in [1.807, 2.05) is 13.8 Å². The summed E-state index contributed by atoms with van der Waals surface area (Å²) in [6, 6.07) is 0.328. The normalized spacial score (nSPS) is 29.4. The third-order valence-corrected chi connectivity index (χ3v) is 6.53. The predicted molar refractivity (Wildman–Crippen MR) is 81.8 cm³/mol. The van der Waals surface area contributed by atoms with Gasteiger partial charge in [-0.25, -0.2) is 0 Å². The van der Waals surface area contributed by atoms with E-state index in [1.165, 1.54) is 0 Å². The Labute approximate surface area is 123 Å². The molecule has 2 aliphatic heterocycles. The predicted octanol–water partition coefficient (Wildman–Crippen LogP) is 1.43. The smallest absolute Gasteiger partial charge is 0.282 e. The quantitative estimate of drug-likeness (QED) is 0.836. The van der Waals surface area contributed by atoms with Crippen LogP contribution in [0.1, 0.15) is 46.5 Å². The highest BCUT2D eigenvalue weighted by molar-refractivity contribution is 7.86. The van der Waals surface area contributed by atoms with Gasteiger partial charge in [-0.3, -0.25) is 0 Å². The minimum Gasteiger partial charge on any atom is -0.313 e. The van der Waals surface area contributed by atoms with Gasteiger partial charge in [-0.15, -0.1) is 0 Å². The lowest BCUT2D eigenvalue weighted by Crippen LogP contribution is -2.52. The molecule has 2 heterocycles. The maximum Gasteiger partial charge on any atom is 0.282 e. The Balaban J connectivity index is 2.09. The van der Waals surface area contributed by atoms with Crippen LogP contribution in [0.25, 0.3) is 0 Å². The summed E-state index contributed by atoms with van der Waals surface area (Å²) in [5, 5.41) is 3.40. The molecule has 2 rings (SSSR count). The highest BCUT2D eigenvalue weighted by Gasteiger charge is 2.35. The fraction of sp³-hybridized carbons (Fsp3) is 1.00. The topological polar surface area (TPSA) is 52.7 Å². The third kappa shape index (κ3) is 3.72. The van der Waals surface area contributed by atoms with Gasteiger partial charge < -0.3 is 5.32 Å². The van der Waals surface area contributed by atoms with Crippen molar-refractivity contribution < 1.29 is 8.42 Å². The number of rotatable bonds is 5. The van der Waals surface area contributed by atoms with Crippen molar-refractivity contribution in [1.29, 1.82) is 0 Å². The molecule has 5 nitrogen and oxygen atoms in total. The van der Waals surface area contributed by atoms with Gasteiger partial charge in [0.25, 0.3) is 10.2 Å². The minimum atomic E-state index is -3.32. The molecular formula is C14H29N3O2S. The summed E-state index contributed by atoms with van der Waals surface area (Å²) in [6.07, 6.45) is 4.35. The summed E-state index contributed by atoms with van der Waals surface area (Å²) in [6.45, 7) is 9.04. The molecule has 0 aromatic heterocycles. The average molecular weight is 303 g/mol. The van der Waals surface area contributed by atoms with Gasteiger partial charge in [0.05, 0.1) is 0 Å². The van der Waals surface area contributed by atoms with Crippen LogP contribution in [0.2, 0.25) is 0 Å². The van der Waals surface area contributed by atoms with Gasteiger partial charge in [0.1, 0.15) is 0 Å². The van der Waals surface area contributed by atoms with Gasteiger partial charge in [0.2, 0.25) is 0 Å². The lowest BCUT2D eigenvalue weighted by atomic mass is 10.0. The van der Waals surface area contributed by atoms with E-state index in [9.17, 15) is 8.42 Å². The van der Waals surface area contributed by atoms with Crippen molar-refractivity contribution >= 4 is 10.2 Å². The molecule has 1 N–H and O–H groups in total. The molecule has 0 aromatic rings. The molecule has 2 saturated heterocycles. The first-order valence-electron chi connectivity index (χ1n) is 7.91. The Bertz CT molecular complexity index is 405. The van der Waals surface area contributed by atoms with Crippen LogP contribution in [-0.4, -0.2) is 55.3 Å². The molecule has 0 bridgehead atoms. The van der Waals surface area contributed by atoms with E-state index in [0.29, 0.717) is 31.6 Å². The van der Waals surface area contributed by atoms with Gasteiger partial charge in [-0.2, -0.15) is 17.0 Å². The molecular weight excluding hydrogens is 274 g/mol. The summed E-state index contributed by atoms with van der Waals surface area (Å²) in [5.74, 6) is 0.470. The first-order chi connectivity index (χ1) is 9.41. The summed E-state index contributed by atoms with van der Waals surface area (Å²) in [4.78, 5) is 0. The van der Waals surface area contributed by atoms with Gasteiger partial charge in [0.15, 0.2) is 0 Å². The van der Waals surface area contributed by atoms with E-state index in [1.54, 1.807) is 8.61 Å². The Hall–Kier alpha value is -0.170. The second-order valence-electron chi connectivity index (χ2n) is 6.57. The molecule has 0 saturated carbocycles. The van der Waals surface area contributed by atoms with Crippen LogP contribution >= 0.6 is 0 Å². The number of nitrogens with zero attached hydrogens (tertiary/aromatic N) is 2. The van der Waals surface area contributed by atoms with Crippen molar-refractivity contribution in [2.24, 2.45) is 5.92 Å². The molecule has 2 unspecified atom stereocenters. The van der Waals surface area contributed by atoms with E-state index in [4.69, 9.17) is 0 Å². The van der Waals surface area contributed by atoms with Crippen LogP contribution in [0.4, 0.5) is 0 Å². The van der Waals surface area contributed by atoms with E-state index >= 15 is 0 Å². The minimum absolute atomic E-state index is 0.0135. The highest BCUT2D eigenvalue weighted by atomic mass is 32.2. The lowest BCUT2D eigenvalue weighted by molar-refractivity contribution is 0.240. The van der Waals surface area contributed by atoms with Crippen molar-refractivity contribution in [3.8, 4) is 0 Å². The molecule has 2 aliphatic rings. The van der Waals surface area contributed by atoms with Crippen LogP contribution in [-0.2, 0) is 10.2 Å². The zero-order chi connectivity index (χ0) is 14.8. The van der Waals surface area contributed by atoms with Gasteiger partial charge in [0, 0.05) is 31.7 Å². The summed E-state index contributed by atoms with van der Waals surface area (Å²) < 4.78 is 29.1. The molecule has 0 radical (unpaired) electrons. The molecule has 0 aliphatic carbocycles. The zero-order valence-electron chi connectivity index (χ0n) is 13.0. The first kappa shape index (κ1) is 16.2. The van der Waals surface area contributed by atoms with Crippen LogP contribution in [0.5, 0.6) is 0 Å². The Morgan fingerprint density at radius 3 is 2.60 bits per heavy atom. The monoisotopic (exact) mass is 303 g/mol. The van der Waals surface area contributed by atoms with E-state index in [2.05, 4.69) is 12.2 Å². The van der Waals surface area contributed by atoms with E-state index < -0.39 is 10.2 Å². The largest absolute Gasteiger partial charge is 0.313 e. The number of piperidine rings is 1. The molecule has 2 fully saturated rings. The highest BCUT2D eigenvalue weighted by Crippen LogP contribution is 2.23. The Morgan fingerprint density at radius 1 is 1.30 bits per heavy atom. The fourth-order valence-corrected chi connectivity index (χ4v) is 5.21. The molecule has 118 valence electrons. The molecule has 0 spiro atoms. The number of hydrogen-bond donors (Lipinski definition) is 1. The second-order valence-corrected chi connectivity index (χ2v) is 8.45. The SMILES string of the molecule is CC1CCCN(S(=O)(=O)N(CC2CCCN2)C(C)C)C1. The number of nitrogens with one attached hydrogen (secondary N) is 1. The van der Waals surface area contributed by atoms with Crippen LogP contribution in [0.3, 0.4) is 0 Å². The van der Waals surface area contributed by atoms with Crippen molar-refractivity contribution in [2.45, 2.75) is 58.5 Å². The summed E-state index contributed by atoms with van der Waals surface area (Å²) in [5.41, 5.74) is 0. The maximum atomic E-state index is 12.9. The number of hydrogen-bond acceptors (Lipinski definition) is 3. The van der Waals surface area contributed by atoms with Crippen molar-refractivity contribution in [1.82, 2.24) is 13.9 Å². The zero-order valence-corrected chi connectivity index (χ0v) is 13.8. The van der Waals surface area contributed by atoms with Crippen molar-refractivity contribution in [3.63, 3.8) is 0 Å². The molecule has 6 heteroatoms. The second kappa shape index (κ2) is 6.73. The molecule has 0 amide bonds. The van der Waals surface area contributed by atoms with Gasteiger partial charge in [-0.05, 0) is 52.0 Å². The van der Waals surface area contributed by atoms with E-state index in [-0.39, 0.29) is 6.04 Å². The molecule has 0 aromatic carbocycles. The third-order valence-electron chi connectivity index (χ3n) is 4.38. The van der Waals surface area contributed by atoms with Crippen molar-refractivity contribution in [2.75, 3.05) is 26.2 Å². The van der Waals surface area contributed by atoms with Gasteiger partial charge in [-0.1, -0.05) is 6.92 Å². The van der Waals surface area contributed by atoms with E-state index in [0.717, 1.165) is 32.2 Å². The Kier molecular flexibility index (Phi) is 5.45. The van der Waals surface area contributed by atoms with Crippen LogP contribution < -0.4 is 5.32 Å². The standard InChI is InChI=1S/C14H29N3O2S/c1-12(2)17(11-14-7-4-8-15-14)20(18,19)16-9-5-6-13(3)10-16/h12-15H,4-11H2,1-3H3. The first-order valence-corrected chi connectivity index (χ1v) is 9.31. The lowest BCUT2D eigenvalue weighted by Gasteiger charge is -2.37. The van der Waals surface area contributed by atoms with Crippen molar-refractivity contribution in [3.05, 3.63) is 0 Å². The molecule has 20 heavy (non-hydrogen) atoms. The summed E-state index contributed by atoms with van der Waals surface area (Å²) in [7, 11) is -3.32. The van der Waals surface area contributed by atoms with Crippen LogP contribution in [0, 0.1) is 5.92 Å². The fourth-order valence-electron chi connectivity index (χ4n) is 3.21.